The highest BCUT2D eigenvalue weighted by Gasteiger charge is 3.00. The highest BCUT2D eigenvalue weighted by molar-refractivity contribution is 14.1. The lowest BCUT2D eigenvalue weighted by molar-refractivity contribution is -0.485. The van der Waals surface area contributed by atoms with Crippen molar-refractivity contribution in [3.05, 3.63) is 0 Å². The van der Waals surface area contributed by atoms with E-state index in [1.807, 2.05) is 0 Å². The molecule has 0 aliphatic heterocycles. The van der Waals surface area contributed by atoms with Crippen molar-refractivity contribution in [2.45, 2.75) is 130 Å². The van der Waals surface area contributed by atoms with Gasteiger partial charge >= 0.3 is 29.6 Å². The molecular weight excluding hydrogens is 588 g/mol. The summed E-state index contributed by atoms with van der Waals surface area (Å²) in [6, 6.07) is 0. The lowest BCUT2D eigenvalue weighted by atomic mass is 9.70. The molecule has 0 amide bonds. The number of halogens is 12. The Morgan fingerprint density at radius 2 is 0.788 bits per heavy atom. The minimum atomic E-state index is -7.14. The summed E-state index contributed by atoms with van der Waals surface area (Å²) in [6.45, 7) is 2.11. The van der Waals surface area contributed by atoms with E-state index in [1.165, 1.54) is 35.4 Å². The molecule has 0 N–H and O–H groups in total. The van der Waals surface area contributed by atoms with Crippen LogP contribution in [0.4, 0.5) is 48.3 Å². The van der Waals surface area contributed by atoms with Gasteiger partial charge in [-0.1, -0.05) is 100 Å². The summed E-state index contributed by atoms with van der Waals surface area (Å²) in [6.07, 6.45) is 7.79. The summed E-state index contributed by atoms with van der Waals surface area (Å²) in [5.41, 5.74) is -5.85. The summed E-state index contributed by atoms with van der Waals surface area (Å²) in [5.74, 6) is -34.6. The van der Waals surface area contributed by atoms with Gasteiger partial charge in [-0.05, 0) is 6.42 Å². The Morgan fingerprint density at radius 3 is 1.15 bits per heavy atom. The molecule has 0 saturated heterocycles. The van der Waals surface area contributed by atoms with Crippen molar-refractivity contribution in [2.75, 3.05) is 0 Å². The van der Waals surface area contributed by atoms with E-state index in [0.717, 1.165) is 38.5 Å². The molecule has 0 heterocycles. The van der Waals surface area contributed by atoms with Gasteiger partial charge in [0.05, 0.1) is 0 Å². The first kappa shape index (κ1) is 31.0. The summed E-state index contributed by atoms with van der Waals surface area (Å²) < 4.78 is 150. The second kappa shape index (κ2) is 11.3. The van der Waals surface area contributed by atoms with E-state index in [0.29, 0.717) is 12.8 Å². The predicted molar refractivity (Wildman–Crippen MR) is 112 cm³/mol. The van der Waals surface area contributed by atoms with E-state index in [4.69, 9.17) is 0 Å². The Kier molecular flexibility index (Phi) is 10.7. The average Bonchev–Trinajstić information content (AvgIpc) is 2.70. The van der Waals surface area contributed by atoms with Crippen LogP contribution in [0.15, 0.2) is 0 Å². The number of hydrogen-bond acceptors (Lipinski definition) is 0. The monoisotopic (exact) mass is 618 g/mol. The molecule has 0 spiro atoms. The van der Waals surface area contributed by atoms with Gasteiger partial charge in [-0.2, -0.15) is 43.9 Å². The zero-order valence-electron chi connectivity index (χ0n) is 18.3. The normalized spacial score (nSPS) is 25.0. The predicted octanol–water partition coefficient (Wildman–Crippen LogP) is 9.78. The number of unbranched alkanes of at least 4 members (excludes halogenated alkanes) is 10. The molecule has 1 aliphatic carbocycles. The second-order valence-corrected chi connectivity index (χ2v) is 10.6. The molecule has 0 aromatic rings. The lowest BCUT2D eigenvalue weighted by Gasteiger charge is -2.53. The molecule has 0 bridgehead atoms. The van der Waals surface area contributed by atoms with Gasteiger partial charge in [-0.15, -0.1) is 0 Å². The first-order chi connectivity index (χ1) is 15.0. The molecule has 1 unspecified atom stereocenters. The van der Waals surface area contributed by atoms with Gasteiger partial charge in [0.2, 0.25) is 0 Å². The van der Waals surface area contributed by atoms with Crippen LogP contribution in [0.1, 0.15) is 90.4 Å². The van der Waals surface area contributed by atoms with Gasteiger partial charge in [0.1, 0.15) is 0 Å². The summed E-state index contributed by atoms with van der Waals surface area (Å²) >= 11 is 1.23. The number of alkyl halides is 12. The Balaban J connectivity index is 2.63. The third-order valence-electron chi connectivity index (χ3n) is 6.20. The van der Waals surface area contributed by atoms with Crippen molar-refractivity contribution in [3.63, 3.8) is 0 Å². The SMILES string of the molecule is CCCCCCCCCCCCCC(I)CC1(F)C(F)(F)C(F)(F)C(F)(F)C(F)(F)C1(F)F. The molecule has 0 aromatic carbocycles. The molecule has 1 aliphatic rings. The fourth-order valence-electron chi connectivity index (χ4n) is 3.98. The maximum absolute atomic E-state index is 14.7. The smallest absolute Gasteiger partial charge is 0.230 e. The first-order valence-corrected chi connectivity index (χ1v) is 12.4. The second-order valence-electron chi connectivity index (χ2n) is 8.80. The molecule has 1 rings (SSSR count). The third kappa shape index (κ3) is 5.54. The van der Waals surface area contributed by atoms with Crippen molar-refractivity contribution < 1.29 is 48.3 Å². The van der Waals surface area contributed by atoms with Crippen LogP contribution in [0.3, 0.4) is 0 Å². The molecule has 12 heteroatoms. The number of hydrogen-bond donors (Lipinski definition) is 0. The first-order valence-electron chi connectivity index (χ1n) is 11.2. The minimum Gasteiger partial charge on any atom is -0.230 e. The lowest BCUT2D eigenvalue weighted by Crippen LogP contribution is -2.83. The van der Waals surface area contributed by atoms with Crippen LogP contribution in [0, 0.1) is 0 Å². The molecule has 198 valence electrons. The van der Waals surface area contributed by atoms with E-state index < -0.39 is 45.6 Å². The summed E-state index contributed by atoms with van der Waals surface area (Å²) in [5, 5.41) is 0. The Labute approximate surface area is 200 Å². The van der Waals surface area contributed by atoms with Gasteiger partial charge < -0.3 is 0 Å². The Morgan fingerprint density at radius 1 is 0.485 bits per heavy atom. The molecular formula is C21H30F11I. The summed E-state index contributed by atoms with van der Waals surface area (Å²) in [4.78, 5) is 0. The van der Waals surface area contributed by atoms with Gasteiger partial charge in [0.15, 0.2) is 0 Å². The quantitative estimate of drug-likeness (QED) is 0.0787. The van der Waals surface area contributed by atoms with E-state index in [9.17, 15) is 48.3 Å². The van der Waals surface area contributed by atoms with Crippen molar-refractivity contribution in [3.8, 4) is 0 Å². The van der Waals surface area contributed by atoms with Crippen LogP contribution in [-0.4, -0.2) is 39.2 Å². The van der Waals surface area contributed by atoms with E-state index in [1.54, 1.807) is 0 Å². The Bertz CT molecular complexity index is 577. The van der Waals surface area contributed by atoms with E-state index in [2.05, 4.69) is 6.92 Å². The molecule has 33 heavy (non-hydrogen) atoms. The summed E-state index contributed by atoms with van der Waals surface area (Å²) in [7, 11) is 0. The van der Waals surface area contributed by atoms with Crippen molar-refractivity contribution in [1.29, 1.82) is 0 Å². The van der Waals surface area contributed by atoms with Crippen LogP contribution in [0.2, 0.25) is 0 Å². The van der Waals surface area contributed by atoms with Crippen LogP contribution in [0.25, 0.3) is 0 Å². The van der Waals surface area contributed by atoms with Gasteiger partial charge in [0.25, 0.3) is 5.67 Å². The van der Waals surface area contributed by atoms with Crippen LogP contribution < -0.4 is 0 Å². The standard InChI is InChI=1S/C21H30F11I/c1-2-3-4-5-6-7-8-9-10-11-12-13-15(33)14-16(22)17(23,24)19(27,28)21(31,32)20(29,30)18(16,25)26/h15H,2-14H2,1H3. The Hall–Kier alpha value is -0.0400. The molecule has 0 aromatic heterocycles. The fraction of sp³-hybridized carbons (Fsp3) is 1.00. The van der Waals surface area contributed by atoms with Gasteiger partial charge in [0, 0.05) is 10.3 Å². The topological polar surface area (TPSA) is 0 Å². The average molecular weight is 618 g/mol. The molecule has 1 saturated carbocycles. The number of rotatable bonds is 14. The van der Waals surface area contributed by atoms with E-state index in [-0.39, 0.29) is 12.8 Å². The maximum atomic E-state index is 14.7. The van der Waals surface area contributed by atoms with Gasteiger partial charge in [-0.3, -0.25) is 0 Å². The highest BCUT2D eigenvalue weighted by atomic mass is 127. The van der Waals surface area contributed by atoms with Crippen LogP contribution in [-0.2, 0) is 0 Å². The maximum Gasteiger partial charge on any atom is 0.384 e. The molecule has 0 radical (unpaired) electrons. The molecule has 1 fully saturated rings. The van der Waals surface area contributed by atoms with Crippen molar-refractivity contribution in [2.24, 2.45) is 0 Å². The third-order valence-corrected chi connectivity index (χ3v) is 7.26. The van der Waals surface area contributed by atoms with Gasteiger partial charge in [-0.25, -0.2) is 4.39 Å². The fourth-order valence-corrected chi connectivity index (χ4v) is 5.03. The molecule has 1 atom stereocenters. The zero-order chi connectivity index (χ0) is 25.8. The van der Waals surface area contributed by atoms with Crippen LogP contribution >= 0.6 is 22.6 Å². The van der Waals surface area contributed by atoms with Crippen LogP contribution in [0.5, 0.6) is 0 Å². The largest absolute Gasteiger partial charge is 0.384 e. The van der Waals surface area contributed by atoms with E-state index >= 15 is 0 Å². The van der Waals surface area contributed by atoms with Crippen molar-refractivity contribution in [1.82, 2.24) is 0 Å². The molecule has 0 nitrogen and oxygen atoms in total. The van der Waals surface area contributed by atoms with Crippen molar-refractivity contribution >= 4 is 22.6 Å². The zero-order valence-corrected chi connectivity index (χ0v) is 20.5. The highest BCUT2D eigenvalue weighted by Crippen LogP contribution is 2.70. The minimum absolute atomic E-state index is 0.192.